The minimum absolute atomic E-state index is 0.171. The van der Waals surface area contributed by atoms with Gasteiger partial charge in [-0.2, -0.15) is 0 Å². The number of methoxy groups -OCH3 is 1. The molecule has 0 unspecified atom stereocenters. The second-order valence-electron chi connectivity index (χ2n) is 6.63. The van der Waals surface area contributed by atoms with Gasteiger partial charge in [-0.25, -0.2) is 9.89 Å². The lowest BCUT2D eigenvalue weighted by atomic mass is 10.1. The predicted molar refractivity (Wildman–Crippen MR) is 114 cm³/mol. The standard InChI is InChI=1S/C21H21N5O3S/c1-14(18-22-23-19(29-18)16-8-10-17(28-2)11-9-16)30-21-25-24-20(27)26(21)13-12-15-6-4-3-5-7-15/h3-11,14H,12-13H2,1-2H3,(H,24,27)/t14-/m0/s1. The average molecular weight is 423 g/mol. The van der Waals surface area contributed by atoms with Gasteiger partial charge in [-0.15, -0.1) is 15.3 Å². The van der Waals surface area contributed by atoms with E-state index in [9.17, 15) is 4.79 Å². The summed E-state index contributed by atoms with van der Waals surface area (Å²) in [6.07, 6.45) is 0.740. The average Bonchev–Trinajstić information content (AvgIpc) is 3.41. The fourth-order valence-electron chi connectivity index (χ4n) is 2.93. The lowest BCUT2D eigenvalue weighted by Crippen LogP contribution is -2.19. The van der Waals surface area contributed by atoms with Gasteiger partial charge in [0.15, 0.2) is 5.16 Å². The summed E-state index contributed by atoms with van der Waals surface area (Å²) in [5.41, 5.74) is 1.74. The Kier molecular flexibility index (Phi) is 5.99. The predicted octanol–water partition coefficient (Wildman–Crippen LogP) is 3.73. The number of aryl methyl sites for hydroxylation is 1. The van der Waals surface area contributed by atoms with Crippen molar-refractivity contribution in [1.29, 1.82) is 0 Å². The van der Waals surface area contributed by atoms with Crippen LogP contribution in [-0.4, -0.2) is 32.1 Å². The second kappa shape index (κ2) is 9.00. The summed E-state index contributed by atoms with van der Waals surface area (Å²) in [7, 11) is 1.62. The molecule has 2 heterocycles. The highest BCUT2D eigenvalue weighted by atomic mass is 32.2. The molecule has 0 bridgehead atoms. The van der Waals surface area contributed by atoms with Crippen LogP contribution in [-0.2, 0) is 13.0 Å². The fourth-order valence-corrected chi connectivity index (χ4v) is 3.85. The van der Waals surface area contributed by atoms with E-state index in [4.69, 9.17) is 9.15 Å². The molecule has 4 rings (SSSR count). The van der Waals surface area contributed by atoms with E-state index < -0.39 is 0 Å². The molecule has 8 nitrogen and oxygen atoms in total. The highest BCUT2D eigenvalue weighted by Gasteiger charge is 2.20. The summed E-state index contributed by atoms with van der Waals surface area (Å²) < 4.78 is 12.6. The lowest BCUT2D eigenvalue weighted by Gasteiger charge is -2.08. The topological polar surface area (TPSA) is 98.8 Å². The summed E-state index contributed by atoms with van der Waals surface area (Å²) in [6, 6.07) is 17.4. The van der Waals surface area contributed by atoms with E-state index in [2.05, 4.69) is 20.4 Å². The molecule has 2 aromatic heterocycles. The third-order valence-electron chi connectivity index (χ3n) is 4.60. The SMILES string of the molecule is COc1ccc(-c2nnc([C@H](C)Sc3n[nH]c(=O)n3CCc3ccccc3)o2)cc1. The molecular weight excluding hydrogens is 402 g/mol. The van der Waals surface area contributed by atoms with Crippen molar-refractivity contribution < 1.29 is 9.15 Å². The molecule has 9 heteroatoms. The number of ether oxygens (including phenoxy) is 1. The van der Waals surface area contributed by atoms with Crippen molar-refractivity contribution in [2.24, 2.45) is 0 Å². The number of aromatic amines is 1. The van der Waals surface area contributed by atoms with Gasteiger partial charge in [0, 0.05) is 12.1 Å². The van der Waals surface area contributed by atoms with Gasteiger partial charge >= 0.3 is 5.69 Å². The molecular formula is C21H21N5O3S. The summed E-state index contributed by atoms with van der Waals surface area (Å²) in [4.78, 5) is 12.2. The quantitative estimate of drug-likeness (QED) is 0.431. The largest absolute Gasteiger partial charge is 0.497 e. The number of H-pyrrole nitrogens is 1. The molecule has 4 aromatic rings. The zero-order valence-electron chi connectivity index (χ0n) is 16.6. The van der Waals surface area contributed by atoms with E-state index >= 15 is 0 Å². The van der Waals surface area contributed by atoms with Crippen LogP contribution in [0.1, 0.15) is 23.6 Å². The highest BCUT2D eigenvalue weighted by Crippen LogP contribution is 2.33. The monoisotopic (exact) mass is 423 g/mol. The van der Waals surface area contributed by atoms with Crippen LogP contribution in [0.15, 0.2) is 69.0 Å². The van der Waals surface area contributed by atoms with Crippen molar-refractivity contribution in [3.63, 3.8) is 0 Å². The molecule has 0 saturated heterocycles. The number of thioether (sulfide) groups is 1. The highest BCUT2D eigenvalue weighted by molar-refractivity contribution is 7.99. The normalized spacial score (nSPS) is 12.1. The van der Waals surface area contributed by atoms with E-state index in [0.717, 1.165) is 23.3 Å². The summed E-state index contributed by atoms with van der Waals surface area (Å²) >= 11 is 1.40. The van der Waals surface area contributed by atoms with Crippen LogP contribution in [0.2, 0.25) is 0 Å². The number of rotatable bonds is 8. The van der Waals surface area contributed by atoms with Crippen molar-refractivity contribution >= 4 is 11.8 Å². The van der Waals surface area contributed by atoms with E-state index in [0.29, 0.717) is 23.5 Å². The van der Waals surface area contributed by atoms with Gasteiger partial charge in [-0.05, 0) is 43.2 Å². The van der Waals surface area contributed by atoms with Crippen molar-refractivity contribution in [3.05, 3.63) is 76.5 Å². The Labute approximate surface area is 177 Å². The molecule has 0 aliphatic heterocycles. The van der Waals surface area contributed by atoms with Crippen LogP contribution in [0.3, 0.4) is 0 Å². The fraction of sp³-hybridized carbons (Fsp3) is 0.238. The van der Waals surface area contributed by atoms with Crippen LogP contribution in [0.25, 0.3) is 11.5 Å². The summed E-state index contributed by atoms with van der Waals surface area (Å²) in [5, 5.41) is 15.4. The minimum Gasteiger partial charge on any atom is -0.497 e. The van der Waals surface area contributed by atoms with Crippen molar-refractivity contribution in [2.75, 3.05) is 7.11 Å². The van der Waals surface area contributed by atoms with Gasteiger partial charge in [0.05, 0.1) is 12.4 Å². The van der Waals surface area contributed by atoms with Crippen molar-refractivity contribution in [1.82, 2.24) is 25.0 Å². The number of hydrogen-bond donors (Lipinski definition) is 1. The smallest absolute Gasteiger partial charge is 0.343 e. The first-order valence-corrected chi connectivity index (χ1v) is 10.4. The Morgan fingerprint density at radius 1 is 1.13 bits per heavy atom. The van der Waals surface area contributed by atoms with Crippen LogP contribution >= 0.6 is 11.8 Å². The van der Waals surface area contributed by atoms with E-state index in [1.54, 1.807) is 11.7 Å². The Morgan fingerprint density at radius 2 is 1.90 bits per heavy atom. The van der Waals surface area contributed by atoms with E-state index in [1.165, 1.54) is 11.8 Å². The number of nitrogens with zero attached hydrogens (tertiary/aromatic N) is 4. The number of nitrogens with one attached hydrogen (secondary N) is 1. The van der Waals surface area contributed by atoms with Crippen molar-refractivity contribution in [2.45, 2.75) is 30.3 Å². The molecule has 1 N–H and O–H groups in total. The maximum atomic E-state index is 12.2. The van der Waals surface area contributed by atoms with Gasteiger partial charge in [0.2, 0.25) is 11.8 Å². The zero-order chi connectivity index (χ0) is 20.9. The summed E-state index contributed by atoms with van der Waals surface area (Å²) in [5.74, 6) is 1.66. The van der Waals surface area contributed by atoms with Crippen molar-refractivity contribution in [3.8, 4) is 17.2 Å². The Bertz CT molecular complexity index is 1150. The molecule has 30 heavy (non-hydrogen) atoms. The molecule has 2 aromatic carbocycles. The van der Waals surface area contributed by atoms with E-state index in [-0.39, 0.29) is 10.9 Å². The molecule has 0 radical (unpaired) electrons. The first-order chi connectivity index (χ1) is 14.6. The number of aromatic nitrogens is 5. The minimum atomic E-state index is -0.231. The molecule has 0 saturated carbocycles. The zero-order valence-corrected chi connectivity index (χ0v) is 17.4. The maximum Gasteiger partial charge on any atom is 0.343 e. The molecule has 0 aliphatic carbocycles. The molecule has 0 fully saturated rings. The van der Waals surface area contributed by atoms with Gasteiger partial charge in [0.1, 0.15) is 5.75 Å². The first-order valence-electron chi connectivity index (χ1n) is 9.47. The Morgan fingerprint density at radius 3 is 2.63 bits per heavy atom. The molecule has 0 amide bonds. The van der Waals surface area contributed by atoms with Crippen LogP contribution in [0.5, 0.6) is 5.75 Å². The van der Waals surface area contributed by atoms with Crippen LogP contribution < -0.4 is 10.4 Å². The lowest BCUT2D eigenvalue weighted by molar-refractivity contribution is 0.415. The maximum absolute atomic E-state index is 12.2. The number of hydrogen-bond acceptors (Lipinski definition) is 7. The van der Waals surface area contributed by atoms with Crippen LogP contribution in [0.4, 0.5) is 0 Å². The Hall–Kier alpha value is -3.33. The van der Waals surface area contributed by atoms with Gasteiger partial charge in [-0.3, -0.25) is 4.57 Å². The van der Waals surface area contributed by atoms with Crippen LogP contribution in [0, 0.1) is 0 Å². The molecule has 154 valence electrons. The third kappa shape index (κ3) is 4.46. The van der Waals surface area contributed by atoms with Gasteiger partial charge in [-0.1, -0.05) is 42.1 Å². The third-order valence-corrected chi connectivity index (χ3v) is 5.68. The molecule has 1 atom stereocenters. The Balaban J connectivity index is 1.46. The first kappa shape index (κ1) is 20.0. The number of benzene rings is 2. The molecule has 0 aliphatic rings. The summed E-state index contributed by atoms with van der Waals surface area (Å²) in [6.45, 7) is 2.48. The van der Waals surface area contributed by atoms with Gasteiger partial charge in [0.25, 0.3) is 0 Å². The second-order valence-corrected chi connectivity index (χ2v) is 7.94. The van der Waals surface area contributed by atoms with Gasteiger partial charge < -0.3 is 9.15 Å². The molecule has 0 spiro atoms. The van der Waals surface area contributed by atoms with E-state index in [1.807, 2.05) is 61.5 Å².